The summed E-state index contributed by atoms with van der Waals surface area (Å²) in [5, 5.41) is 21.6. The quantitative estimate of drug-likeness (QED) is 0.811. The van der Waals surface area contributed by atoms with Crippen LogP contribution in [0.3, 0.4) is 0 Å². The Hall–Kier alpha value is -2.01. The summed E-state index contributed by atoms with van der Waals surface area (Å²) in [6, 6.07) is 12.9. The van der Waals surface area contributed by atoms with Crippen molar-refractivity contribution in [1.29, 1.82) is 0 Å². The molecule has 1 heterocycles. The number of benzene rings is 2. The molecular formula is C23H26FNO2. The summed E-state index contributed by atoms with van der Waals surface area (Å²) < 4.78 is 13.4. The fourth-order valence-corrected chi connectivity index (χ4v) is 4.54. The van der Waals surface area contributed by atoms with Crippen molar-refractivity contribution in [3.8, 4) is 0 Å². The van der Waals surface area contributed by atoms with Crippen LogP contribution in [0.1, 0.15) is 47.9 Å². The van der Waals surface area contributed by atoms with Crippen molar-refractivity contribution in [3.63, 3.8) is 0 Å². The summed E-state index contributed by atoms with van der Waals surface area (Å²) in [7, 11) is 0. The Kier molecular flexibility index (Phi) is 4.66. The predicted octanol–water partition coefficient (Wildman–Crippen LogP) is 3.83. The Morgan fingerprint density at radius 3 is 2.56 bits per heavy atom. The van der Waals surface area contributed by atoms with E-state index in [1.807, 2.05) is 24.0 Å². The Labute approximate surface area is 159 Å². The average molecular weight is 367 g/mol. The molecule has 2 aromatic rings. The average Bonchev–Trinajstić information content (AvgIpc) is 2.96. The van der Waals surface area contributed by atoms with Crippen LogP contribution in [-0.4, -0.2) is 34.4 Å². The number of hydrogen-bond donors (Lipinski definition) is 2. The van der Waals surface area contributed by atoms with E-state index in [0.29, 0.717) is 13.0 Å². The van der Waals surface area contributed by atoms with Crippen molar-refractivity contribution in [2.24, 2.45) is 0 Å². The highest BCUT2D eigenvalue weighted by Gasteiger charge is 2.45. The summed E-state index contributed by atoms with van der Waals surface area (Å²) >= 11 is 0. The maximum atomic E-state index is 13.4. The van der Waals surface area contributed by atoms with Gasteiger partial charge in [-0.15, -0.1) is 0 Å². The third-order valence-electron chi connectivity index (χ3n) is 6.10. The second-order valence-electron chi connectivity index (χ2n) is 7.87. The van der Waals surface area contributed by atoms with E-state index in [9.17, 15) is 14.6 Å². The van der Waals surface area contributed by atoms with E-state index < -0.39 is 11.8 Å². The lowest BCUT2D eigenvalue weighted by atomic mass is 9.82. The van der Waals surface area contributed by atoms with Crippen LogP contribution in [0.4, 0.5) is 4.39 Å². The van der Waals surface area contributed by atoms with Crippen LogP contribution in [0.5, 0.6) is 0 Å². The van der Waals surface area contributed by atoms with Crippen molar-refractivity contribution in [3.05, 3.63) is 82.2 Å². The zero-order chi connectivity index (χ0) is 19.2. The van der Waals surface area contributed by atoms with Gasteiger partial charge in [0, 0.05) is 19.0 Å². The monoisotopic (exact) mass is 367 g/mol. The number of nitrogens with zero attached hydrogens (tertiary/aromatic N) is 1. The maximum Gasteiger partial charge on any atom is 0.123 e. The van der Waals surface area contributed by atoms with Crippen LogP contribution in [0.15, 0.2) is 54.1 Å². The second-order valence-corrected chi connectivity index (χ2v) is 7.87. The number of rotatable bonds is 3. The van der Waals surface area contributed by atoms with E-state index in [1.165, 1.54) is 12.1 Å². The molecule has 2 aliphatic rings. The second kappa shape index (κ2) is 6.86. The molecule has 2 aromatic carbocycles. The third-order valence-corrected chi connectivity index (χ3v) is 6.10. The zero-order valence-corrected chi connectivity index (χ0v) is 15.8. The topological polar surface area (TPSA) is 43.7 Å². The molecule has 1 aliphatic heterocycles. The highest BCUT2D eigenvalue weighted by molar-refractivity contribution is 5.52. The maximum absolute atomic E-state index is 13.4. The third kappa shape index (κ3) is 3.22. The van der Waals surface area contributed by atoms with Crippen molar-refractivity contribution in [1.82, 2.24) is 4.90 Å². The Morgan fingerprint density at radius 2 is 1.93 bits per heavy atom. The highest BCUT2D eigenvalue weighted by atomic mass is 19.1. The van der Waals surface area contributed by atoms with Gasteiger partial charge in [0.05, 0.1) is 0 Å². The van der Waals surface area contributed by atoms with Crippen LogP contribution < -0.4 is 0 Å². The Morgan fingerprint density at radius 1 is 1.19 bits per heavy atom. The first-order valence-corrected chi connectivity index (χ1v) is 9.59. The molecule has 0 amide bonds. The first-order valence-electron chi connectivity index (χ1n) is 9.59. The lowest BCUT2D eigenvalue weighted by Gasteiger charge is -2.35. The molecule has 3 unspecified atom stereocenters. The summed E-state index contributed by atoms with van der Waals surface area (Å²) in [5.74, 6) is -0.203. The van der Waals surface area contributed by atoms with Crippen LogP contribution in [0.25, 0.3) is 0 Å². The van der Waals surface area contributed by atoms with Gasteiger partial charge in [-0.2, -0.15) is 0 Å². The van der Waals surface area contributed by atoms with E-state index in [4.69, 9.17) is 0 Å². The first-order chi connectivity index (χ1) is 12.9. The minimum absolute atomic E-state index is 0.0434. The number of aliphatic hydroxyl groups is 2. The van der Waals surface area contributed by atoms with Crippen molar-refractivity contribution >= 4 is 0 Å². The summed E-state index contributed by atoms with van der Waals surface area (Å²) in [5.41, 5.74) is 4.25. The van der Waals surface area contributed by atoms with Gasteiger partial charge in [-0.1, -0.05) is 42.0 Å². The van der Waals surface area contributed by atoms with E-state index in [2.05, 4.69) is 24.3 Å². The van der Waals surface area contributed by atoms with Crippen LogP contribution >= 0.6 is 0 Å². The predicted molar refractivity (Wildman–Crippen MR) is 104 cm³/mol. The largest absolute Gasteiger partial charge is 0.381 e. The van der Waals surface area contributed by atoms with Gasteiger partial charge in [0.1, 0.15) is 17.6 Å². The molecular weight excluding hydrogens is 341 g/mol. The minimum atomic E-state index is -1.01. The molecule has 3 atom stereocenters. The first kappa shape index (κ1) is 18.4. The molecule has 0 bridgehead atoms. The zero-order valence-electron chi connectivity index (χ0n) is 15.8. The number of aryl methyl sites for hydroxylation is 1. The number of hydrogen-bond acceptors (Lipinski definition) is 3. The Balaban J connectivity index is 1.74. The van der Waals surface area contributed by atoms with E-state index in [1.54, 1.807) is 6.92 Å². The van der Waals surface area contributed by atoms with E-state index in [0.717, 1.165) is 40.8 Å². The minimum Gasteiger partial charge on any atom is -0.381 e. The molecule has 0 aromatic heterocycles. The molecule has 0 spiro atoms. The van der Waals surface area contributed by atoms with Gasteiger partial charge in [0.25, 0.3) is 0 Å². The molecule has 3 nitrogen and oxygen atoms in total. The molecule has 0 radical (unpaired) electrons. The molecule has 0 saturated heterocycles. The van der Waals surface area contributed by atoms with Crippen molar-refractivity contribution in [2.75, 3.05) is 13.1 Å². The fraction of sp³-hybridized carbons (Fsp3) is 0.391. The highest BCUT2D eigenvalue weighted by Crippen LogP contribution is 2.52. The van der Waals surface area contributed by atoms with Gasteiger partial charge in [-0.25, -0.2) is 4.39 Å². The van der Waals surface area contributed by atoms with Gasteiger partial charge >= 0.3 is 0 Å². The van der Waals surface area contributed by atoms with Gasteiger partial charge in [0.15, 0.2) is 0 Å². The summed E-state index contributed by atoms with van der Waals surface area (Å²) in [4.78, 5) is 1.98. The molecule has 0 fully saturated rings. The summed E-state index contributed by atoms with van der Waals surface area (Å²) in [6.07, 6.45) is 2.88. The van der Waals surface area contributed by atoms with Gasteiger partial charge in [0.2, 0.25) is 0 Å². The lowest BCUT2D eigenvalue weighted by molar-refractivity contribution is 0.0146. The number of aliphatic hydroxyl groups excluding tert-OH is 1. The van der Waals surface area contributed by atoms with Crippen molar-refractivity contribution < 1.29 is 14.6 Å². The van der Waals surface area contributed by atoms with E-state index in [-0.39, 0.29) is 11.7 Å². The van der Waals surface area contributed by atoms with Gasteiger partial charge in [-0.05, 0) is 61.1 Å². The SMILES string of the molecule is Cc1ccc2c(c1)C(O)(C1=CCN(C(C)O)CC1)CC2c1ccc(F)cc1. The van der Waals surface area contributed by atoms with Crippen LogP contribution in [-0.2, 0) is 5.60 Å². The van der Waals surface area contributed by atoms with Crippen LogP contribution in [0.2, 0.25) is 0 Å². The molecule has 4 heteroatoms. The molecule has 0 saturated carbocycles. The smallest absolute Gasteiger partial charge is 0.123 e. The normalized spacial score (nSPS) is 26.6. The standard InChI is InChI=1S/C23H26FNO2/c1-15-3-8-20-21(17-4-6-19(24)7-5-17)14-23(27,22(20)13-15)18-9-11-25(12-10-18)16(2)26/h3-9,13,16,21,26-27H,10-12,14H2,1-2H3. The molecule has 4 rings (SSSR count). The van der Waals surface area contributed by atoms with E-state index >= 15 is 0 Å². The molecule has 1 aliphatic carbocycles. The van der Waals surface area contributed by atoms with Crippen LogP contribution in [0, 0.1) is 12.7 Å². The fourth-order valence-electron chi connectivity index (χ4n) is 4.54. The lowest BCUT2D eigenvalue weighted by Crippen LogP contribution is -2.39. The summed E-state index contributed by atoms with van der Waals surface area (Å²) in [6.45, 7) is 5.18. The number of fused-ring (bicyclic) bond motifs is 1. The van der Waals surface area contributed by atoms with Gasteiger partial charge < -0.3 is 10.2 Å². The molecule has 142 valence electrons. The molecule has 2 N–H and O–H groups in total. The van der Waals surface area contributed by atoms with Crippen molar-refractivity contribution in [2.45, 2.75) is 44.4 Å². The number of halogens is 1. The van der Waals surface area contributed by atoms with Gasteiger partial charge in [-0.3, -0.25) is 4.90 Å². The molecule has 27 heavy (non-hydrogen) atoms. The Bertz CT molecular complexity index is 874.